The average molecular weight is 322 g/mol. The van der Waals surface area contributed by atoms with Gasteiger partial charge < -0.3 is 5.32 Å². The summed E-state index contributed by atoms with van der Waals surface area (Å²) >= 11 is 3.22. The molecule has 17 heavy (non-hydrogen) atoms. The molecule has 1 aromatic rings. The van der Waals surface area contributed by atoms with Gasteiger partial charge >= 0.3 is 0 Å². The third-order valence-electron chi connectivity index (χ3n) is 2.03. The number of halogens is 1. The first-order chi connectivity index (χ1) is 7.86. The number of pyridine rings is 1. The van der Waals surface area contributed by atoms with Crippen LogP contribution in [0.15, 0.2) is 21.6 Å². The molecule has 0 amide bonds. The molecule has 0 aliphatic rings. The first kappa shape index (κ1) is 14.4. The van der Waals surface area contributed by atoms with Gasteiger partial charge in [-0.15, -0.1) is 0 Å². The Morgan fingerprint density at radius 3 is 2.65 bits per heavy atom. The second-order valence-electron chi connectivity index (χ2n) is 4.00. The summed E-state index contributed by atoms with van der Waals surface area (Å²) < 4.78 is 27.3. The van der Waals surface area contributed by atoms with Gasteiger partial charge in [0.15, 0.2) is 0 Å². The number of aromatic nitrogens is 1. The van der Waals surface area contributed by atoms with Crippen molar-refractivity contribution in [3.8, 4) is 0 Å². The molecular formula is C10H16BrN3O2S. The zero-order valence-electron chi connectivity index (χ0n) is 9.99. The molecule has 7 heteroatoms. The van der Waals surface area contributed by atoms with E-state index in [1.807, 2.05) is 13.8 Å². The molecule has 1 aromatic heterocycles. The summed E-state index contributed by atoms with van der Waals surface area (Å²) in [6.07, 6.45) is 1.55. The maximum atomic E-state index is 12.1. The quantitative estimate of drug-likeness (QED) is 0.867. The Kier molecular flexibility index (Phi) is 4.91. The average Bonchev–Trinajstić information content (AvgIpc) is 2.26. The van der Waals surface area contributed by atoms with Crippen LogP contribution in [0.1, 0.15) is 13.8 Å². The van der Waals surface area contributed by atoms with Gasteiger partial charge in [0.1, 0.15) is 10.7 Å². The van der Waals surface area contributed by atoms with E-state index < -0.39 is 10.0 Å². The molecule has 96 valence electrons. The van der Waals surface area contributed by atoms with E-state index in [1.165, 1.54) is 6.07 Å². The van der Waals surface area contributed by atoms with Crippen LogP contribution in [0.3, 0.4) is 0 Å². The number of hydrogen-bond acceptors (Lipinski definition) is 4. The molecule has 0 aliphatic heterocycles. The minimum atomic E-state index is -3.53. The Bertz CT molecular complexity index is 488. The largest absolute Gasteiger partial charge is 0.372 e. The lowest BCUT2D eigenvalue weighted by Gasteiger charge is -2.12. The van der Waals surface area contributed by atoms with Gasteiger partial charge in [-0.3, -0.25) is 0 Å². The summed E-state index contributed by atoms with van der Waals surface area (Å²) in [6, 6.07) is 1.53. The van der Waals surface area contributed by atoms with Crippen LogP contribution in [0.4, 0.5) is 5.82 Å². The van der Waals surface area contributed by atoms with E-state index in [1.54, 1.807) is 13.2 Å². The molecular weight excluding hydrogens is 306 g/mol. The number of anilines is 1. The Hall–Kier alpha value is -0.660. The second kappa shape index (κ2) is 5.79. The summed E-state index contributed by atoms with van der Waals surface area (Å²) in [7, 11) is -1.89. The molecule has 5 nitrogen and oxygen atoms in total. The fraction of sp³-hybridized carbons (Fsp3) is 0.500. The van der Waals surface area contributed by atoms with E-state index in [4.69, 9.17) is 0 Å². The summed E-state index contributed by atoms with van der Waals surface area (Å²) in [5, 5.41) is 2.77. The maximum Gasteiger partial charge on any atom is 0.244 e. The van der Waals surface area contributed by atoms with Crippen LogP contribution in [0.25, 0.3) is 0 Å². The van der Waals surface area contributed by atoms with E-state index in [9.17, 15) is 8.42 Å². The van der Waals surface area contributed by atoms with Crippen molar-refractivity contribution in [1.82, 2.24) is 9.71 Å². The Balaban J connectivity index is 3.09. The van der Waals surface area contributed by atoms with Crippen molar-refractivity contribution in [1.29, 1.82) is 0 Å². The minimum absolute atomic E-state index is 0.148. The van der Waals surface area contributed by atoms with Gasteiger partial charge in [0.2, 0.25) is 10.0 Å². The topological polar surface area (TPSA) is 71.1 Å². The minimum Gasteiger partial charge on any atom is -0.372 e. The molecule has 0 bridgehead atoms. The first-order valence-corrected chi connectivity index (χ1v) is 7.47. The van der Waals surface area contributed by atoms with Gasteiger partial charge in [0, 0.05) is 24.3 Å². The molecule has 0 spiro atoms. The lowest BCUT2D eigenvalue weighted by molar-refractivity contribution is 0.560. The maximum absolute atomic E-state index is 12.1. The van der Waals surface area contributed by atoms with Crippen molar-refractivity contribution >= 4 is 31.8 Å². The normalized spacial score (nSPS) is 11.8. The fourth-order valence-electron chi connectivity index (χ4n) is 1.17. The van der Waals surface area contributed by atoms with Crippen LogP contribution in [0, 0.1) is 5.92 Å². The van der Waals surface area contributed by atoms with Gasteiger partial charge in [-0.05, 0) is 27.9 Å². The van der Waals surface area contributed by atoms with Gasteiger partial charge in [0.05, 0.1) is 0 Å². The highest BCUT2D eigenvalue weighted by atomic mass is 79.9. The van der Waals surface area contributed by atoms with Crippen LogP contribution in [0.5, 0.6) is 0 Å². The molecule has 2 N–H and O–H groups in total. The lowest BCUT2D eigenvalue weighted by Crippen LogP contribution is -2.28. The van der Waals surface area contributed by atoms with Crippen molar-refractivity contribution in [3.05, 3.63) is 16.7 Å². The van der Waals surface area contributed by atoms with Crippen molar-refractivity contribution in [3.63, 3.8) is 0 Å². The smallest absolute Gasteiger partial charge is 0.244 e. The van der Waals surface area contributed by atoms with Crippen LogP contribution < -0.4 is 10.0 Å². The number of rotatable bonds is 5. The first-order valence-electron chi connectivity index (χ1n) is 5.19. The van der Waals surface area contributed by atoms with Crippen LogP contribution in [-0.4, -0.2) is 27.0 Å². The fourth-order valence-corrected chi connectivity index (χ4v) is 3.05. The summed E-state index contributed by atoms with van der Waals surface area (Å²) in [6.45, 7) is 4.29. The molecule has 0 unspecified atom stereocenters. The van der Waals surface area contributed by atoms with Gasteiger partial charge in [-0.1, -0.05) is 13.8 Å². The standard InChI is InChI=1S/C10H16BrN3O2S/c1-7(2)5-14-17(15,16)9-4-8(11)6-13-10(9)12-3/h4,6-7,14H,5H2,1-3H3,(H,12,13). The highest BCUT2D eigenvalue weighted by Crippen LogP contribution is 2.22. The molecule has 0 aliphatic carbocycles. The van der Waals surface area contributed by atoms with Crippen molar-refractivity contribution in [2.24, 2.45) is 5.92 Å². The highest BCUT2D eigenvalue weighted by molar-refractivity contribution is 9.10. The monoisotopic (exact) mass is 321 g/mol. The lowest BCUT2D eigenvalue weighted by atomic mass is 10.2. The van der Waals surface area contributed by atoms with Gasteiger partial charge in [-0.25, -0.2) is 18.1 Å². The van der Waals surface area contributed by atoms with E-state index in [-0.39, 0.29) is 10.8 Å². The van der Waals surface area contributed by atoms with E-state index in [0.717, 1.165) is 0 Å². The Labute approximate surface area is 110 Å². The molecule has 0 fully saturated rings. The molecule has 0 saturated carbocycles. The van der Waals surface area contributed by atoms with E-state index >= 15 is 0 Å². The van der Waals surface area contributed by atoms with Crippen molar-refractivity contribution in [2.45, 2.75) is 18.7 Å². The van der Waals surface area contributed by atoms with Crippen molar-refractivity contribution in [2.75, 3.05) is 18.9 Å². The molecule has 1 rings (SSSR count). The predicted molar refractivity (Wildman–Crippen MR) is 71.5 cm³/mol. The summed E-state index contributed by atoms with van der Waals surface area (Å²) in [4.78, 5) is 4.16. The van der Waals surface area contributed by atoms with Crippen LogP contribution >= 0.6 is 15.9 Å². The Morgan fingerprint density at radius 1 is 1.47 bits per heavy atom. The molecule has 1 heterocycles. The molecule has 0 radical (unpaired) electrons. The highest BCUT2D eigenvalue weighted by Gasteiger charge is 2.19. The Morgan fingerprint density at radius 2 is 2.12 bits per heavy atom. The number of nitrogens with zero attached hydrogens (tertiary/aromatic N) is 1. The van der Waals surface area contributed by atoms with Crippen molar-refractivity contribution < 1.29 is 8.42 Å². The SMILES string of the molecule is CNc1ncc(Br)cc1S(=O)(=O)NCC(C)C. The van der Waals surface area contributed by atoms with Crippen LogP contribution in [-0.2, 0) is 10.0 Å². The number of nitrogens with one attached hydrogen (secondary N) is 2. The zero-order valence-corrected chi connectivity index (χ0v) is 12.4. The van der Waals surface area contributed by atoms with Gasteiger partial charge in [0.25, 0.3) is 0 Å². The number of hydrogen-bond donors (Lipinski definition) is 2. The third-order valence-corrected chi connectivity index (χ3v) is 3.90. The van der Waals surface area contributed by atoms with Gasteiger partial charge in [-0.2, -0.15) is 0 Å². The molecule has 0 atom stereocenters. The number of sulfonamides is 1. The van der Waals surface area contributed by atoms with E-state index in [0.29, 0.717) is 16.8 Å². The zero-order chi connectivity index (χ0) is 13.1. The summed E-state index contributed by atoms with van der Waals surface area (Å²) in [5.41, 5.74) is 0. The molecule has 0 aromatic carbocycles. The summed E-state index contributed by atoms with van der Waals surface area (Å²) in [5.74, 6) is 0.590. The predicted octanol–water partition coefficient (Wildman–Crippen LogP) is 1.82. The molecule has 0 saturated heterocycles. The second-order valence-corrected chi connectivity index (χ2v) is 6.65. The third kappa shape index (κ3) is 3.93. The van der Waals surface area contributed by atoms with E-state index in [2.05, 4.69) is 31.0 Å². The van der Waals surface area contributed by atoms with Crippen LogP contribution in [0.2, 0.25) is 0 Å².